The maximum absolute atomic E-state index is 14.1. The molecule has 4 rings (SSSR count). The Hall–Kier alpha value is -3.06. The summed E-state index contributed by atoms with van der Waals surface area (Å²) in [6, 6.07) is 9.18. The molecule has 1 aromatic heterocycles. The zero-order valence-corrected chi connectivity index (χ0v) is 16.4. The monoisotopic (exact) mass is 415 g/mol. The molecule has 1 aliphatic rings. The van der Waals surface area contributed by atoms with Gasteiger partial charge in [0.2, 0.25) is 0 Å². The van der Waals surface area contributed by atoms with E-state index in [2.05, 4.69) is 9.97 Å². The molecule has 5 nitrogen and oxygen atoms in total. The molecule has 0 atom stereocenters. The molecule has 0 fully saturated rings. The summed E-state index contributed by atoms with van der Waals surface area (Å²) in [4.78, 5) is 22.6. The largest absolute Gasteiger partial charge is 0.496 e. The first-order valence-electron chi connectivity index (χ1n) is 8.82. The van der Waals surface area contributed by atoms with Crippen LogP contribution in [0.15, 0.2) is 36.4 Å². The number of carbonyl (C=O) groups is 1. The van der Waals surface area contributed by atoms with E-state index in [0.29, 0.717) is 11.4 Å². The van der Waals surface area contributed by atoms with Crippen LogP contribution in [0.2, 0.25) is 5.15 Å². The van der Waals surface area contributed by atoms with Gasteiger partial charge in [0, 0.05) is 5.56 Å². The maximum Gasteiger partial charge on any atom is 0.259 e. The van der Waals surface area contributed by atoms with E-state index in [0.717, 1.165) is 23.3 Å². The summed E-state index contributed by atoms with van der Waals surface area (Å²) in [5.41, 5.74) is 1.97. The van der Waals surface area contributed by atoms with E-state index in [-0.39, 0.29) is 41.1 Å². The van der Waals surface area contributed by atoms with Gasteiger partial charge in [-0.25, -0.2) is 18.7 Å². The van der Waals surface area contributed by atoms with Crippen molar-refractivity contribution >= 4 is 17.5 Å². The number of halogens is 3. The topological polar surface area (TPSA) is 55.3 Å². The lowest BCUT2D eigenvalue weighted by atomic mass is 10.1. The van der Waals surface area contributed by atoms with Gasteiger partial charge in [0.25, 0.3) is 5.91 Å². The number of carbonyl (C=O) groups excluding carboxylic acids is 1. The summed E-state index contributed by atoms with van der Waals surface area (Å²) in [5.74, 6) is -1.46. The van der Waals surface area contributed by atoms with Crippen LogP contribution >= 0.6 is 11.6 Å². The third-order valence-corrected chi connectivity index (χ3v) is 5.05. The Morgan fingerprint density at radius 1 is 1.14 bits per heavy atom. The smallest absolute Gasteiger partial charge is 0.259 e. The molecular formula is C21H16ClF2N3O2. The minimum absolute atomic E-state index is 0.129. The second kappa shape index (κ2) is 7.40. The summed E-state index contributed by atoms with van der Waals surface area (Å²) in [5, 5.41) is -0.129. The fourth-order valence-corrected chi connectivity index (χ4v) is 3.62. The summed E-state index contributed by atoms with van der Waals surface area (Å²) in [6.07, 6.45) is 0. The van der Waals surface area contributed by atoms with Gasteiger partial charge in [0.05, 0.1) is 31.5 Å². The molecule has 3 aromatic rings. The molecule has 0 aliphatic carbocycles. The highest BCUT2D eigenvalue weighted by Crippen LogP contribution is 2.33. The highest BCUT2D eigenvalue weighted by Gasteiger charge is 2.33. The number of fused-ring (bicyclic) bond motifs is 1. The van der Waals surface area contributed by atoms with Crippen molar-refractivity contribution in [1.82, 2.24) is 14.9 Å². The first-order chi connectivity index (χ1) is 13.9. The predicted molar refractivity (Wildman–Crippen MR) is 104 cm³/mol. The van der Waals surface area contributed by atoms with Crippen LogP contribution in [0.5, 0.6) is 5.75 Å². The van der Waals surface area contributed by atoms with Crippen LogP contribution in [-0.2, 0) is 13.1 Å². The van der Waals surface area contributed by atoms with E-state index >= 15 is 0 Å². The van der Waals surface area contributed by atoms with Gasteiger partial charge < -0.3 is 9.64 Å². The van der Waals surface area contributed by atoms with Crippen molar-refractivity contribution in [1.29, 1.82) is 0 Å². The third-order valence-electron chi connectivity index (χ3n) is 4.77. The second-order valence-electron chi connectivity index (χ2n) is 6.73. The quantitative estimate of drug-likeness (QED) is 0.587. The zero-order valence-electron chi connectivity index (χ0n) is 15.7. The van der Waals surface area contributed by atoms with Crippen LogP contribution in [0.25, 0.3) is 11.4 Å². The van der Waals surface area contributed by atoms with Crippen LogP contribution in [0, 0.1) is 18.6 Å². The second-order valence-corrected chi connectivity index (χ2v) is 7.09. The van der Waals surface area contributed by atoms with Crippen molar-refractivity contribution in [2.24, 2.45) is 0 Å². The molecule has 1 amide bonds. The number of benzene rings is 2. The highest BCUT2D eigenvalue weighted by molar-refractivity contribution is 6.33. The van der Waals surface area contributed by atoms with Gasteiger partial charge in [0.1, 0.15) is 28.1 Å². The molecule has 148 valence electrons. The predicted octanol–water partition coefficient (Wildman–Crippen LogP) is 4.55. The number of hydrogen-bond donors (Lipinski definition) is 0. The minimum Gasteiger partial charge on any atom is -0.496 e. The van der Waals surface area contributed by atoms with Crippen molar-refractivity contribution in [2.45, 2.75) is 20.0 Å². The van der Waals surface area contributed by atoms with Gasteiger partial charge in [-0.2, -0.15) is 0 Å². The molecular weight excluding hydrogens is 400 g/mol. The molecule has 8 heteroatoms. The van der Waals surface area contributed by atoms with E-state index in [1.807, 2.05) is 25.1 Å². The van der Waals surface area contributed by atoms with Gasteiger partial charge in [0.15, 0.2) is 5.82 Å². The van der Waals surface area contributed by atoms with E-state index in [1.165, 1.54) is 6.07 Å². The Balaban J connectivity index is 1.69. The maximum atomic E-state index is 14.1. The molecule has 1 aliphatic heterocycles. The fourth-order valence-electron chi connectivity index (χ4n) is 3.35. The lowest BCUT2D eigenvalue weighted by Crippen LogP contribution is -2.23. The van der Waals surface area contributed by atoms with E-state index < -0.39 is 11.6 Å². The van der Waals surface area contributed by atoms with Crippen LogP contribution < -0.4 is 4.74 Å². The van der Waals surface area contributed by atoms with E-state index in [9.17, 15) is 13.6 Å². The summed E-state index contributed by atoms with van der Waals surface area (Å²) in [7, 11) is 1.57. The number of aryl methyl sites for hydroxylation is 1. The van der Waals surface area contributed by atoms with Gasteiger partial charge >= 0.3 is 0 Å². The van der Waals surface area contributed by atoms with Gasteiger partial charge in [-0.05, 0) is 30.7 Å². The molecule has 0 unspecified atom stereocenters. The van der Waals surface area contributed by atoms with Crippen molar-refractivity contribution in [3.63, 3.8) is 0 Å². The third kappa shape index (κ3) is 3.42. The van der Waals surface area contributed by atoms with Gasteiger partial charge in [-0.15, -0.1) is 0 Å². The number of ether oxygens (including phenoxy) is 1. The summed E-state index contributed by atoms with van der Waals surface area (Å²) >= 11 is 6.20. The van der Waals surface area contributed by atoms with Crippen LogP contribution in [0.3, 0.4) is 0 Å². The Kier molecular flexibility index (Phi) is 4.92. The SMILES string of the molecule is COc1cc(C)ccc1CN1Cc2nc(-c3c(F)cccc3F)nc(Cl)c2C1=O. The van der Waals surface area contributed by atoms with E-state index in [4.69, 9.17) is 16.3 Å². The minimum atomic E-state index is -0.799. The van der Waals surface area contributed by atoms with Crippen molar-refractivity contribution in [3.05, 3.63) is 75.6 Å². The number of amides is 1. The van der Waals surface area contributed by atoms with Crippen molar-refractivity contribution in [2.75, 3.05) is 7.11 Å². The molecule has 29 heavy (non-hydrogen) atoms. The molecule has 0 radical (unpaired) electrons. The lowest BCUT2D eigenvalue weighted by Gasteiger charge is -2.17. The molecule has 0 saturated heterocycles. The number of nitrogens with zero attached hydrogens (tertiary/aromatic N) is 3. The number of aromatic nitrogens is 2. The number of hydrogen-bond acceptors (Lipinski definition) is 4. The Morgan fingerprint density at radius 2 is 1.86 bits per heavy atom. The Labute approximate surface area is 170 Å². The summed E-state index contributed by atoms with van der Waals surface area (Å²) in [6.45, 7) is 2.37. The van der Waals surface area contributed by atoms with Gasteiger partial charge in [-0.1, -0.05) is 29.8 Å². The molecule has 2 aromatic carbocycles. The molecule has 0 saturated carbocycles. The van der Waals surface area contributed by atoms with Crippen LogP contribution in [0.1, 0.15) is 27.2 Å². The Morgan fingerprint density at radius 3 is 2.55 bits per heavy atom. The molecule has 0 N–H and O–H groups in total. The van der Waals surface area contributed by atoms with Crippen LogP contribution in [-0.4, -0.2) is 27.9 Å². The van der Waals surface area contributed by atoms with E-state index in [1.54, 1.807) is 12.0 Å². The average Bonchev–Trinajstić information content (AvgIpc) is 2.99. The summed E-state index contributed by atoms with van der Waals surface area (Å²) < 4.78 is 33.6. The fraction of sp³-hybridized carbons (Fsp3) is 0.190. The first-order valence-corrected chi connectivity index (χ1v) is 9.20. The molecule has 2 heterocycles. The molecule has 0 bridgehead atoms. The standard InChI is InChI=1S/C21H16ClF2N3O2/c1-11-6-7-12(16(8-11)29-2)9-27-10-15-18(21(27)28)19(22)26-20(25-15)17-13(23)4-3-5-14(17)24/h3-8H,9-10H2,1-2H3. The lowest BCUT2D eigenvalue weighted by molar-refractivity contribution is 0.0765. The van der Waals surface area contributed by atoms with Gasteiger partial charge in [-0.3, -0.25) is 4.79 Å². The number of rotatable bonds is 4. The Bertz CT molecular complexity index is 1120. The number of methoxy groups -OCH3 is 1. The molecule has 0 spiro atoms. The highest BCUT2D eigenvalue weighted by atomic mass is 35.5. The van der Waals surface area contributed by atoms with Crippen LogP contribution in [0.4, 0.5) is 8.78 Å². The average molecular weight is 416 g/mol. The van der Waals surface area contributed by atoms with Crippen molar-refractivity contribution in [3.8, 4) is 17.1 Å². The first kappa shape index (κ1) is 19.3. The van der Waals surface area contributed by atoms with Crippen molar-refractivity contribution < 1.29 is 18.3 Å². The normalized spacial score (nSPS) is 13.0. The zero-order chi connectivity index (χ0) is 20.7.